The van der Waals surface area contributed by atoms with E-state index in [1.807, 2.05) is 24.0 Å². The molecule has 1 fully saturated rings. The third-order valence-corrected chi connectivity index (χ3v) is 4.15. The lowest BCUT2D eigenvalue weighted by molar-refractivity contribution is 0.0654. The molecule has 1 aliphatic rings. The maximum absolute atomic E-state index is 12.8. The molecule has 1 aliphatic heterocycles. The van der Waals surface area contributed by atoms with Crippen molar-refractivity contribution in [3.8, 4) is 0 Å². The van der Waals surface area contributed by atoms with E-state index in [2.05, 4.69) is 36.3 Å². The number of amides is 1. The van der Waals surface area contributed by atoms with Gasteiger partial charge in [0.1, 0.15) is 0 Å². The van der Waals surface area contributed by atoms with E-state index in [1.165, 1.54) is 5.56 Å². The molecule has 0 bridgehead atoms. The van der Waals surface area contributed by atoms with Gasteiger partial charge in [-0.2, -0.15) is 0 Å². The van der Waals surface area contributed by atoms with Gasteiger partial charge in [-0.3, -0.25) is 9.78 Å². The summed E-state index contributed by atoms with van der Waals surface area (Å²) in [6, 6.07) is 8.36. The second-order valence-electron chi connectivity index (χ2n) is 5.87. The molecule has 0 aliphatic carbocycles. The molecule has 0 radical (unpaired) electrons. The lowest BCUT2D eigenvalue weighted by Crippen LogP contribution is -2.52. The highest BCUT2D eigenvalue weighted by Gasteiger charge is 2.25. The number of piperazine rings is 1. The highest BCUT2D eigenvalue weighted by Crippen LogP contribution is 2.20. The van der Waals surface area contributed by atoms with Gasteiger partial charge in [-0.05, 0) is 39.0 Å². The van der Waals surface area contributed by atoms with Crippen molar-refractivity contribution in [2.24, 2.45) is 0 Å². The molecule has 0 unspecified atom stereocenters. The van der Waals surface area contributed by atoms with Crippen molar-refractivity contribution >= 4 is 16.8 Å². The van der Waals surface area contributed by atoms with Crippen LogP contribution in [0.2, 0.25) is 0 Å². The van der Waals surface area contributed by atoms with Gasteiger partial charge >= 0.3 is 0 Å². The maximum Gasteiger partial charge on any atom is 0.256 e. The molecular weight excluding hydrogens is 262 g/mol. The number of rotatable bonds is 1. The van der Waals surface area contributed by atoms with Crippen LogP contribution in [0.5, 0.6) is 0 Å². The van der Waals surface area contributed by atoms with Crippen molar-refractivity contribution in [2.75, 3.05) is 19.6 Å². The predicted molar refractivity (Wildman–Crippen MR) is 84.6 cm³/mol. The number of pyridine rings is 1. The molecule has 4 heteroatoms. The Kier molecular flexibility index (Phi) is 3.64. The van der Waals surface area contributed by atoms with Crippen LogP contribution in [0.15, 0.2) is 24.3 Å². The van der Waals surface area contributed by atoms with Gasteiger partial charge in [-0.1, -0.05) is 11.6 Å². The van der Waals surface area contributed by atoms with Crippen LogP contribution in [0.25, 0.3) is 10.9 Å². The summed E-state index contributed by atoms with van der Waals surface area (Å²) in [7, 11) is 0. The molecule has 1 aromatic heterocycles. The van der Waals surface area contributed by atoms with E-state index in [4.69, 9.17) is 0 Å². The Morgan fingerprint density at radius 2 is 2.14 bits per heavy atom. The minimum atomic E-state index is 0.0948. The Morgan fingerprint density at radius 3 is 2.90 bits per heavy atom. The van der Waals surface area contributed by atoms with Gasteiger partial charge in [0.25, 0.3) is 5.91 Å². The first-order valence-electron chi connectivity index (χ1n) is 7.46. The standard InChI is InChI=1S/C17H21N3O/c1-11-4-5-16-14(8-11)9-15(13(3)19-16)17(21)20-7-6-18-10-12(20)2/h4-5,8-9,12,18H,6-7,10H2,1-3H3/t12-/m0/s1. The van der Waals surface area contributed by atoms with E-state index >= 15 is 0 Å². The van der Waals surface area contributed by atoms with Gasteiger partial charge in [0, 0.05) is 31.1 Å². The van der Waals surface area contributed by atoms with Crippen LogP contribution >= 0.6 is 0 Å². The minimum Gasteiger partial charge on any atom is -0.333 e. The van der Waals surface area contributed by atoms with E-state index in [9.17, 15) is 4.79 Å². The molecule has 2 aromatic rings. The number of carbonyl (C=O) groups excluding carboxylic acids is 1. The van der Waals surface area contributed by atoms with Gasteiger partial charge in [0.15, 0.2) is 0 Å². The van der Waals surface area contributed by atoms with Gasteiger partial charge in [-0.25, -0.2) is 0 Å². The first kappa shape index (κ1) is 14.0. The number of carbonyl (C=O) groups is 1. The molecule has 1 saturated heterocycles. The van der Waals surface area contributed by atoms with Crippen LogP contribution in [0.1, 0.15) is 28.5 Å². The number of aromatic nitrogens is 1. The van der Waals surface area contributed by atoms with Crippen LogP contribution in [0.3, 0.4) is 0 Å². The van der Waals surface area contributed by atoms with E-state index in [0.717, 1.165) is 41.8 Å². The molecule has 1 aromatic carbocycles. The minimum absolute atomic E-state index is 0.0948. The molecule has 1 N–H and O–H groups in total. The normalized spacial score (nSPS) is 19.0. The number of aryl methyl sites for hydroxylation is 2. The van der Waals surface area contributed by atoms with E-state index in [-0.39, 0.29) is 11.9 Å². The maximum atomic E-state index is 12.8. The Hall–Kier alpha value is -1.94. The summed E-state index contributed by atoms with van der Waals surface area (Å²) in [6.45, 7) is 8.52. The number of hydrogen-bond acceptors (Lipinski definition) is 3. The van der Waals surface area contributed by atoms with Crippen LogP contribution in [0.4, 0.5) is 0 Å². The fourth-order valence-corrected chi connectivity index (χ4v) is 2.91. The Morgan fingerprint density at radius 1 is 1.33 bits per heavy atom. The van der Waals surface area contributed by atoms with E-state index in [1.54, 1.807) is 0 Å². The summed E-state index contributed by atoms with van der Waals surface area (Å²) >= 11 is 0. The fourth-order valence-electron chi connectivity index (χ4n) is 2.91. The average molecular weight is 283 g/mol. The zero-order chi connectivity index (χ0) is 15.0. The largest absolute Gasteiger partial charge is 0.333 e. The molecular formula is C17H21N3O. The lowest BCUT2D eigenvalue weighted by Gasteiger charge is -2.34. The van der Waals surface area contributed by atoms with E-state index < -0.39 is 0 Å². The van der Waals surface area contributed by atoms with Crippen molar-refractivity contribution in [1.82, 2.24) is 15.2 Å². The van der Waals surface area contributed by atoms with Crippen molar-refractivity contribution in [3.05, 3.63) is 41.1 Å². The van der Waals surface area contributed by atoms with Gasteiger partial charge < -0.3 is 10.2 Å². The van der Waals surface area contributed by atoms with Crippen LogP contribution in [0, 0.1) is 13.8 Å². The van der Waals surface area contributed by atoms with Crippen LogP contribution in [-0.2, 0) is 0 Å². The van der Waals surface area contributed by atoms with Gasteiger partial charge in [0.05, 0.1) is 16.8 Å². The molecule has 2 heterocycles. The molecule has 3 rings (SSSR count). The molecule has 0 saturated carbocycles. The first-order chi connectivity index (χ1) is 10.1. The van der Waals surface area contributed by atoms with Gasteiger partial charge in [-0.15, -0.1) is 0 Å². The Bertz CT molecular complexity index is 696. The molecule has 0 spiro atoms. The van der Waals surface area contributed by atoms with Gasteiger partial charge in [0.2, 0.25) is 0 Å². The quantitative estimate of drug-likeness (QED) is 0.873. The fraction of sp³-hybridized carbons (Fsp3) is 0.412. The smallest absolute Gasteiger partial charge is 0.256 e. The predicted octanol–water partition coefficient (Wildman–Crippen LogP) is 2.29. The SMILES string of the molecule is Cc1ccc2nc(C)c(C(=O)N3CCNC[C@@H]3C)cc2c1. The average Bonchev–Trinajstić information content (AvgIpc) is 2.47. The van der Waals surface area contributed by atoms with Crippen molar-refractivity contribution in [1.29, 1.82) is 0 Å². The summed E-state index contributed by atoms with van der Waals surface area (Å²) in [5, 5.41) is 4.35. The highest BCUT2D eigenvalue weighted by molar-refractivity contribution is 5.99. The molecule has 4 nitrogen and oxygen atoms in total. The second kappa shape index (κ2) is 5.45. The van der Waals surface area contributed by atoms with Crippen molar-refractivity contribution in [3.63, 3.8) is 0 Å². The summed E-state index contributed by atoms with van der Waals surface area (Å²) in [4.78, 5) is 19.4. The summed E-state index contributed by atoms with van der Waals surface area (Å²) in [6.07, 6.45) is 0. The zero-order valence-corrected chi connectivity index (χ0v) is 12.8. The summed E-state index contributed by atoms with van der Waals surface area (Å²) < 4.78 is 0. The first-order valence-corrected chi connectivity index (χ1v) is 7.46. The number of benzene rings is 1. The monoisotopic (exact) mass is 283 g/mol. The topological polar surface area (TPSA) is 45.2 Å². The molecule has 1 atom stereocenters. The van der Waals surface area contributed by atoms with Crippen LogP contribution < -0.4 is 5.32 Å². The summed E-state index contributed by atoms with van der Waals surface area (Å²) in [5.41, 5.74) is 3.66. The second-order valence-corrected chi connectivity index (χ2v) is 5.87. The lowest BCUT2D eigenvalue weighted by atomic mass is 10.1. The zero-order valence-electron chi connectivity index (χ0n) is 12.8. The molecule has 21 heavy (non-hydrogen) atoms. The third kappa shape index (κ3) is 2.63. The molecule has 110 valence electrons. The van der Waals surface area contributed by atoms with Crippen LogP contribution in [-0.4, -0.2) is 41.5 Å². The highest BCUT2D eigenvalue weighted by atomic mass is 16.2. The number of fused-ring (bicyclic) bond motifs is 1. The number of nitrogens with zero attached hydrogens (tertiary/aromatic N) is 2. The van der Waals surface area contributed by atoms with Crippen molar-refractivity contribution in [2.45, 2.75) is 26.8 Å². The number of hydrogen-bond donors (Lipinski definition) is 1. The van der Waals surface area contributed by atoms with Crippen molar-refractivity contribution < 1.29 is 4.79 Å². The summed E-state index contributed by atoms with van der Waals surface area (Å²) in [5.74, 6) is 0.0948. The number of nitrogens with one attached hydrogen (secondary N) is 1. The molecule has 1 amide bonds. The Labute approximate surface area is 125 Å². The third-order valence-electron chi connectivity index (χ3n) is 4.15. The van der Waals surface area contributed by atoms with E-state index in [0.29, 0.717) is 0 Å². The Balaban J connectivity index is 2.02.